The Balaban J connectivity index is 1.35. The molecular formula is C45H27N3O15. The molecule has 0 heterocycles. The van der Waals surface area contributed by atoms with Crippen LogP contribution in [0.4, 0.5) is 17.1 Å². The summed E-state index contributed by atoms with van der Waals surface area (Å²) in [4.78, 5) is 111. The van der Waals surface area contributed by atoms with Gasteiger partial charge < -0.3 is 46.6 Å². The minimum atomic E-state index is -1.43. The average Bonchev–Trinajstić information content (AvgIpc) is 3.25. The molecule has 0 saturated heterocycles. The summed E-state index contributed by atoms with van der Waals surface area (Å²) in [6, 6.07) is 22.7. The van der Waals surface area contributed by atoms with Gasteiger partial charge in [-0.05, 0) is 123 Å². The molecule has 63 heavy (non-hydrogen) atoms. The standard InChI is InChI=1S/C45H27N3O15/c49-37(46-28-10-22(40(52)53)7-23(11-28)41(54)55)19-1-4-31-34(16-19)32-5-2-21(39(51)48-30-14-26(44(60)61)9-27(15-30)45(62)63)18-36(32)33-6-3-20(17-35(31)33)38(50)47-29-12-24(42(56)57)8-25(13-29)43(58)59/h1-18H,(H,46,49)(H,47,50)(H,48,51)(H,52,53)(H,54,55)(H,56,57)(H,58,59)(H,60,61)(H,62,63). The highest BCUT2D eigenvalue weighted by atomic mass is 16.4. The van der Waals surface area contributed by atoms with E-state index in [1.165, 1.54) is 36.4 Å². The van der Waals surface area contributed by atoms with Crippen LogP contribution in [-0.4, -0.2) is 84.2 Å². The smallest absolute Gasteiger partial charge is 0.335 e. The van der Waals surface area contributed by atoms with Crippen LogP contribution in [0.3, 0.4) is 0 Å². The molecule has 312 valence electrons. The fourth-order valence-electron chi connectivity index (χ4n) is 6.88. The number of nitrogens with one attached hydrogen (secondary N) is 3. The van der Waals surface area contributed by atoms with Gasteiger partial charge in [-0.3, -0.25) is 14.4 Å². The van der Waals surface area contributed by atoms with Crippen LogP contribution in [0.25, 0.3) is 32.3 Å². The SMILES string of the molecule is O=C(O)c1cc(NC(=O)c2ccc3c(c2)c2ccc(C(=O)Nc4cc(C(=O)O)cc(C(=O)O)c4)cc2c2ccc(C(=O)Nc4cc(C(=O)O)cc(C(=O)O)c4)cc32)cc(C(=O)O)c1. The van der Waals surface area contributed by atoms with Crippen molar-refractivity contribution in [2.45, 2.75) is 0 Å². The summed E-state index contributed by atoms with van der Waals surface area (Å²) in [6.07, 6.45) is 0. The summed E-state index contributed by atoms with van der Waals surface area (Å²) < 4.78 is 0. The number of carboxylic acid groups (broad SMARTS) is 6. The van der Waals surface area contributed by atoms with Gasteiger partial charge in [-0.15, -0.1) is 0 Å². The molecule has 0 fully saturated rings. The highest BCUT2D eigenvalue weighted by Gasteiger charge is 2.20. The second-order valence-corrected chi connectivity index (χ2v) is 13.9. The molecule has 7 aromatic rings. The zero-order valence-corrected chi connectivity index (χ0v) is 31.7. The lowest BCUT2D eigenvalue weighted by Crippen LogP contribution is -2.14. The van der Waals surface area contributed by atoms with Crippen LogP contribution in [0, 0.1) is 0 Å². The van der Waals surface area contributed by atoms with Gasteiger partial charge in [-0.1, -0.05) is 18.2 Å². The van der Waals surface area contributed by atoms with Gasteiger partial charge in [0.2, 0.25) is 0 Å². The highest BCUT2D eigenvalue weighted by molar-refractivity contribution is 6.28. The van der Waals surface area contributed by atoms with Crippen LogP contribution in [-0.2, 0) is 0 Å². The monoisotopic (exact) mass is 849 g/mol. The quantitative estimate of drug-likeness (QED) is 0.0554. The predicted octanol–water partition coefficient (Wildman–Crippen LogP) is 7.09. The number of carbonyl (C=O) groups is 9. The van der Waals surface area contributed by atoms with E-state index in [2.05, 4.69) is 16.0 Å². The van der Waals surface area contributed by atoms with Crippen molar-refractivity contribution in [3.63, 3.8) is 0 Å². The van der Waals surface area contributed by atoms with Crippen LogP contribution >= 0.6 is 0 Å². The molecule has 0 atom stereocenters. The van der Waals surface area contributed by atoms with Gasteiger partial charge in [0.1, 0.15) is 0 Å². The summed E-state index contributed by atoms with van der Waals surface area (Å²) in [5, 5.41) is 67.3. The number of carbonyl (C=O) groups excluding carboxylic acids is 3. The molecule has 0 bridgehead atoms. The van der Waals surface area contributed by atoms with E-state index in [9.17, 15) is 73.8 Å². The first-order chi connectivity index (χ1) is 29.9. The van der Waals surface area contributed by atoms with E-state index >= 15 is 0 Å². The number of rotatable bonds is 12. The van der Waals surface area contributed by atoms with Crippen molar-refractivity contribution in [3.05, 3.63) is 159 Å². The van der Waals surface area contributed by atoms with Crippen molar-refractivity contribution >= 4 is 103 Å². The van der Waals surface area contributed by atoms with Gasteiger partial charge in [0, 0.05) is 33.8 Å². The number of fused-ring (bicyclic) bond motifs is 6. The van der Waals surface area contributed by atoms with Crippen molar-refractivity contribution in [1.82, 2.24) is 0 Å². The Kier molecular flexibility index (Phi) is 10.8. The summed E-state index contributed by atoms with van der Waals surface area (Å²) >= 11 is 0. The maximum atomic E-state index is 13.7. The van der Waals surface area contributed by atoms with E-state index in [0.717, 1.165) is 54.6 Å². The Morgan fingerprint density at radius 2 is 0.460 bits per heavy atom. The van der Waals surface area contributed by atoms with Crippen molar-refractivity contribution < 1.29 is 73.8 Å². The first-order valence-corrected chi connectivity index (χ1v) is 18.1. The zero-order chi connectivity index (χ0) is 45.4. The van der Waals surface area contributed by atoms with Crippen LogP contribution < -0.4 is 16.0 Å². The molecule has 9 N–H and O–H groups in total. The summed E-state index contributed by atoms with van der Waals surface area (Å²) in [5.41, 5.74) is -2.66. The summed E-state index contributed by atoms with van der Waals surface area (Å²) in [5.74, 6) is -10.9. The average molecular weight is 850 g/mol. The third-order valence-corrected chi connectivity index (χ3v) is 9.77. The number of benzene rings is 7. The Labute approximate surface area is 351 Å². The number of carboxylic acids is 6. The maximum absolute atomic E-state index is 13.7. The number of hydrogen-bond acceptors (Lipinski definition) is 9. The fourth-order valence-corrected chi connectivity index (χ4v) is 6.88. The zero-order valence-electron chi connectivity index (χ0n) is 31.7. The largest absolute Gasteiger partial charge is 0.478 e. The fraction of sp³-hybridized carbons (Fsp3) is 0. The molecule has 0 aliphatic rings. The number of aromatic carboxylic acids is 6. The first-order valence-electron chi connectivity index (χ1n) is 18.1. The number of anilines is 3. The first kappa shape index (κ1) is 41.7. The third-order valence-electron chi connectivity index (χ3n) is 9.77. The van der Waals surface area contributed by atoms with Gasteiger partial charge in [-0.25, -0.2) is 28.8 Å². The van der Waals surface area contributed by atoms with E-state index in [0.29, 0.717) is 32.3 Å². The molecule has 0 aliphatic heterocycles. The second kappa shape index (κ2) is 16.3. The normalized spacial score (nSPS) is 10.9. The Hall–Kier alpha value is -9.45. The van der Waals surface area contributed by atoms with Crippen molar-refractivity contribution in [1.29, 1.82) is 0 Å². The van der Waals surface area contributed by atoms with Gasteiger partial charge in [0.05, 0.1) is 33.4 Å². The van der Waals surface area contributed by atoms with Gasteiger partial charge in [0.25, 0.3) is 17.7 Å². The highest BCUT2D eigenvalue weighted by Crippen LogP contribution is 2.37. The summed E-state index contributed by atoms with van der Waals surface area (Å²) in [7, 11) is 0. The molecule has 7 aromatic carbocycles. The molecule has 3 amide bonds. The van der Waals surface area contributed by atoms with Gasteiger partial charge in [0.15, 0.2) is 0 Å². The van der Waals surface area contributed by atoms with Crippen molar-refractivity contribution in [2.24, 2.45) is 0 Å². The minimum Gasteiger partial charge on any atom is -0.478 e. The van der Waals surface area contributed by atoms with Gasteiger partial charge >= 0.3 is 35.8 Å². The van der Waals surface area contributed by atoms with Crippen LogP contribution in [0.15, 0.2) is 109 Å². The van der Waals surface area contributed by atoms with E-state index in [4.69, 9.17) is 0 Å². The minimum absolute atomic E-state index is 0.0246. The number of hydrogen-bond donors (Lipinski definition) is 9. The van der Waals surface area contributed by atoms with E-state index in [1.807, 2.05) is 0 Å². The van der Waals surface area contributed by atoms with Crippen LogP contribution in [0.5, 0.6) is 0 Å². The van der Waals surface area contributed by atoms with Crippen molar-refractivity contribution in [2.75, 3.05) is 16.0 Å². The lowest BCUT2D eigenvalue weighted by molar-refractivity contribution is 0.0676. The van der Waals surface area contributed by atoms with Crippen LogP contribution in [0.2, 0.25) is 0 Å². The molecular weight excluding hydrogens is 823 g/mol. The Morgan fingerprint density at radius 3 is 0.651 bits per heavy atom. The molecule has 0 aliphatic carbocycles. The topological polar surface area (TPSA) is 311 Å². The molecule has 0 aromatic heterocycles. The Morgan fingerprint density at radius 1 is 0.254 bits per heavy atom. The molecule has 7 rings (SSSR count). The second-order valence-electron chi connectivity index (χ2n) is 13.9. The van der Waals surface area contributed by atoms with E-state index in [-0.39, 0.29) is 33.8 Å². The lowest BCUT2D eigenvalue weighted by atomic mass is 9.91. The van der Waals surface area contributed by atoms with E-state index < -0.39 is 86.9 Å². The molecule has 0 spiro atoms. The number of amides is 3. The predicted molar refractivity (Wildman–Crippen MR) is 224 cm³/mol. The molecule has 18 heteroatoms. The molecule has 0 radical (unpaired) electrons. The molecule has 0 saturated carbocycles. The summed E-state index contributed by atoms with van der Waals surface area (Å²) in [6.45, 7) is 0. The molecule has 18 nitrogen and oxygen atoms in total. The molecule has 0 unspecified atom stereocenters. The van der Waals surface area contributed by atoms with E-state index in [1.54, 1.807) is 18.2 Å². The van der Waals surface area contributed by atoms with Crippen molar-refractivity contribution in [3.8, 4) is 0 Å². The Bertz CT molecular complexity index is 2780. The third kappa shape index (κ3) is 8.52. The lowest BCUT2D eigenvalue weighted by Gasteiger charge is -2.15. The van der Waals surface area contributed by atoms with Gasteiger partial charge in [-0.2, -0.15) is 0 Å². The van der Waals surface area contributed by atoms with Crippen LogP contribution in [0.1, 0.15) is 93.2 Å². The maximum Gasteiger partial charge on any atom is 0.335 e.